The molecule has 170 valence electrons. The normalized spacial score (nSPS) is 14.8. The first-order chi connectivity index (χ1) is 15.2. The molecule has 0 radical (unpaired) electrons. The second-order valence-electron chi connectivity index (χ2n) is 7.20. The second-order valence-corrected chi connectivity index (χ2v) is 8.59. The van der Waals surface area contributed by atoms with Crippen molar-refractivity contribution in [2.75, 3.05) is 19.0 Å². The number of rotatable bonds is 8. The molecule has 3 rings (SSSR count). The number of hydrogen-bond acceptors (Lipinski definition) is 7. The Hall–Kier alpha value is -3.40. The zero-order valence-corrected chi connectivity index (χ0v) is 19.0. The van der Waals surface area contributed by atoms with Crippen molar-refractivity contribution in [2.45, 2.75) is 32.1 Å². The number of carbonyl (C=O) groups excluding carboxylic acids is 3. The van der Waals surface area contributed by atoms with Gasteiger partial charge in [0.05, 0.1) is 41.8 Å². The lowest BCUT2D eigenvalue weighted by molar-refractivity contribution is -0.114. The molecule has 3 amide bonds. The molecule has 0 spiro atoms. The number of hydrogen-bond donors (Lipinski definition) is 2. The summed E-state index contributed by atoms with van der Waals surface area (Å²) in [5, 5.41) is 1.47. The van der Waals surface area contributed by atoms with Gasteiger partial charge >= 0.3 is 0 Å². The van der Waals surface area contributed by atoms with Crippen LogP contribution in [0.2, 0.25) is 0 Å². The van der Waals surface area contributed by atoms with Crippen molar-refractivity contribution >= 4 is 34.1 Å². The Morgan fingerprint density at radius 3 is 2.44 bits per heavy atom. The highest BCUT2D eigenvalue weighted by Gasteiger charge is 2.44. The fourth-order valence-corrected chi connectivity index (χ4v) is 4.29. The lowest BCUT2D eigenvalue weighted by Crippen LogP contribution is -2.40. The van der Waals surface area contributed by atoms with Gasteiger partial charge in [-0.1, -0.05) is 12.1 Å². The molecule has 2 atom stereocenters. The Kier molecular flexibility index (Phi) is 6.83. The van der Waals surface area contributed by atoms with Gasteiger partial charge < -0.3 is 14.8 Å². The predicted octanol–water partition coefficient (Wildman–Crippen LogP) is 2.39. The van der Waals surface area contributed by atoms with E-state index in [1.54, 1.807) is 31.2 Å². The first-order valence-corrected chi connectivity index (χ1v) is 11.2. The molecule has 2 aromatic carbocycles. The lowest BCUT2D eigenvalue weighted by Gasteiger charge is -2.29. The summed E-state index contributed by atoms with van der Waals surface area (Å²) >= 11 is 0. The van der Waals surface area contributed by atoms with Crippen LogP contribution in [-0.2, 0) is 15.5 Å². The van der Waals surface area contributed by atoms with Gasteiger partial charge in [-0.15, -0.1) is 0 Å². The quantitative estimate of drug-likeness (QED) is 0.459. The van der Waals surface area contributed by atoms with Crippen molar-refractivity contribution in [1.82, 2.24) is 4.90 Å². The Labute approximate surface area is 187 Å². The van der Waals surface area contributed by atoms with E-state index in [9.17, 15) is 22.8 Å². The van der Waals surface area contributed by atoms with Crippen LogP contribution < -0.4 is 14.8 Å². The van der Waals surface area contributed by atoms with E-state index in [1.165, 1.54) is 33.1 Å². The number of carbonyl (C=O) groups is 3. The molecule has 1 aliphatic heterocycles. The van der Waals surface area contributed by atoms with E-state index >= 15 is 0 Å². The molecule has 1 heterocycles. The number of benzene rings is 2. The zero-order chi connectivity index (χ0) is 23.6. The topological polar surface area (TPSA) is 119 Å². The fourth-order valence-electron chi connectivity index (χ4n) is 3.75. The monoisotopic (exact) mass is 460 g/mol. The minimum atomic E-state index is -2.99. The van der Waals surface area contributed by atoms with Crippen LogP contribution in [0.1, 0.15) is 53.1 Å². The molecule has 9 nitrogen and oxygen atoms in total. The minimum absolute atomic E-state index is 0.0320. The van der Waals surface area contributed by atoms with E-state index in [0.29, 0.717) is 23.7 Å². The maximum atomic E-state index is 13.4. The van der Waals surface area contributed by atoms with E-state index < -0.39 is 39.7 Å². The van der Waals surface area contributed by atoms with Gasteiger partial charge in [0, 0.05) is 6.92 Å². The Balaban J connectivity index is 2.16. The van der Waals surface area contributed by atoms with Gasteiger partial charge in [0.25, 0.3) is 11.8 Å². The highest BCUT2D eigenvalue weighted by Crippen LogP contribution is 2.39. The summed E-state index contributed by atoms with van der Waals surface area (Å²) < 4.78 is 34.8. The van der Waals surface area contributed by atoms with Crippen molar-refractivity contribution in [2.24, 2.45) is 0 Å². The van der Waals surface area contributed by atoms with Crippen LogP contribution in [-0.4, -0.2) is 50.0 Å². The van der Waals surface area contributed by atoms with Gasteiger partial charge in [-0.25, -0.2) is 8.42 Å². The van der Waals surface area contributed by atoms with E-state index in [1.807, 2.05) is 0 Å². The molecule has 0 bridgehead atoms. The summed E-state index contributed by atoms with van der Waals surface area (Å²) in [4.78, 5) is 39.1. The molecule has 2 unspecified atom stereocenters. The third-order valence-corrected chi connectivity index (χ3v) is 6.10. The third-order valence-electron chi connectivity index (χ3n) is 5.15. The highest BCUT2D eigenvalue weighted by molar-refractivity contribution is 7.73. The summed E-state index contributed by atoms with van der Waals surface area (Å²) in [5.74, 6) is -0.928. The van der Waals surface area contributed by atoms with Gasteiger partial charge in [-0.3, -0.25) is 19.3 Å². The zero-order valence-electron chi connectivity index (χ0n) is 18.1. The number of methoxy groups -OCH3 is 1. The van der Waals surface area contributed by atoms with Crippen molar-refractivity contribution in [3.8, 4) is 11.5 Å². The number of anilines is 1. The number of nitrogens with zero attached hydrogens (tertiary/aromatic N) is 1. The number of thiol groups is 1. The molecule has 0 aliphatic carbocycles. The molecule has 0 saturated carbocycles. The summed E-state index contributed by atoms with van der Waals surface area (Å²) in [7, 11) is -1.52. The van der Waals surface area contributed by atoms with E-state index in [0.717, 1.165) is 4.90 Å². The lowest BCUT2D eigenvalue weighted by atomic mass is 10.0. The van der Waals surface area contributed by atoms with Crippen LogP contribution >= 0.6 is 0 Å². The number of nitrogens with one attached hydrogen (secondary N) is 1. The molecule has 32 heavy (non-hydrogen) atoms. The molecular formula is C22H24N2O7S. The molecular weight excluding hydrogens is 436 g/mol. The smallest absolute Gasteiger partial charge is 0.264 e. The average Bonchev–Trinajstić information content (AvgIpc) is 3.00. The predicted molar refractivity (Wildman–Crippen MR) is 118 cm³/mol. The molecule has 0 fully saturated rings. The Morgan fingerprint density at radius 1 is 1.12 bits per heavy atom. The molecule has 0 aromatic heterocycles. The van der Waals surface area contributed by atoms with E-state index in [2.05, 4.69) is 5.32 Å². The van der Waals surface area contributed by atoms with Crippen LogP contribution in [0.5, 0.6) is 11.5 Å². The molecule has 2 aromatic rings. The number of amides is 3. The van der Waals surface area contributed by atoms with Crippen molar-refractivity contribution in [1.29, 1.82) is 0 Å². The number of fused-ring (bicyclic) bond motifs is 1. The van der Waals surface area contributed by atoms with Gasteiger partial charge in [0.2, 0.25) is 5.91 Å². The SMILES string of the molecule is CCOc1cc(C(C(C)[SH](=O)=O)N2C(=O)c3cccc(NC(C)=O)c3C2=O)ccc1OC. The van der Waals surface area contributed by atoms with Crippen LogP contribution in [0.3, 0.4) is 0 Å². The molecule has 1 N–H and O–H groups in total. The largest absolute Gasteiger partial charge is 0.493 e. The van der Waals surface area contributed by atoms with Crippen LogP contribution in [0.4, 0.5) is 5.69 Å². The summed E-state index contributed by atoms with van der Waals surface area (Å²) in [6, 6.07) is 8.19. The standard InChI is InChI=1S/C22H24N2O7S/c1-5-31-18-11-14(9-10-17(18)30-4)20(12(2)32(28)29)24-21(26)15-7-6-8-16(23-13(3)25)19(15)22(24)27/h6-12,20,32H,5H2,1-4H3,(H,23,25). The van der Waals surface area contributed by atoms with Gasteiger partial charge in [-0.2, -0.15) is 0 Å². The Bertz CT molecular complexity index is 1150. The van der Waals surface area contributed by atoms with Crippen molar-refractivity contribution in [3.63, 3.8) is 0 Å². The summed E-state index contributed by atoms with van der Waals surface area (Å²) in [5.41, 5.74) is 0.720. The maximum Gasteiger partial charge on any atom is 0.264 e. The molecule has 0 saturated heterocycles. The highest BCUT2D eigenvalue weighted by atomic mass is 32.2. The minimum Gasteiger partial charge on any atom is -0.493 e. The van der Waals surface area contributed by atoms with Crippen LogP contribution in [0.15, 0.2) is 36.4 Å². The van der Waals surface area contributed by atoms with Gasteiger partial charge in [0.15, 0.2) is 11.5 Å². The first kappa shape index (κ1) is 23.3. The van der Waals surface area contributed by atoms with Gasteiger partial charge in [0.1, 0.15) is 10.7 Å². The number of imide groups is 1. The third kappa shape index (κ3) is 4.18. The summed E-state index contributed by atoms with van der Waals surface area (Å²) in [6.07, 6.45) is 0. The Morgan fingerprint density at radius 2 is 1.84 bits per heavy atom. The van der Waals surface area contributed by atoms with Crippen molar-refractivity contribution < 1.29 is 32.3 Å². The first-order valence-electron chi connectivity index (χ1n) is 9.93. The average molecular weight is 461 g/mol. The van der Waals surface area contributed by atoms with Crippen LogP contribution in [0.25, 0.3) is 0 Å². The fraction of sp³-hybridized carbons (Fsp3) is 0.318. The van der Waals surface area contributed by atoms with Crippen LogP contribution in [0, 0.1) is 0 Å². The van der Waals surface area contributed by atoms with E-state index in [4.69, 9.17) is 9.47 Å². The summed E-state index contributed by atoms with van der Waals surface area (Å²) in [6.45, 7) is 4.84. The van der Waals surface area contributed by atoms with Gasteiger partial charge in [-0.05, 0) is 43.7 Å². The molecule has 1 aliphatic rings. The molecule has 10 heteroatoms. The number of ether oxygens (including phenoxy) is 2. The maximum absolute atomic E-state index is 13.4. The van der Waals surface area contributed by atoms with E-state index in [-0.39, 0.29) is 16.8 Å². The van der Waals surface area contributed by atoms with Crippen molar-refractivity contribution in [3.05, 3.63) is 53.1 Å². The second kappa shape index (κ2) is 9.39.